The Morgan fingerprint density at radius 1 is 1.00 bits per heavy atom. The van der Waals surface area contributed by atoms with Gasteiger partial charge in [0.15, 0.2) is 0 Å². The second-order valence-corrected chi connectivity index (χ2v) is 11.6. The molecule has 28 heavy (non-hydrogen) atoms. The Morgan fingerprint density at radius 2 is 1.86 bits per heavy atom. The second kappa shape index (κ2) is 6.93. The minimum atomic E-state index is 0.365. The van der Waals surface area contributed by atoms with Gasteiger partial charge >= 0.3 is 0 Å². The third-order valence-corrected chi connectivity index (χ3v) is 10.2. The Labute approximate surface area is 176 Å². The molecule has 154 valence electrons. The second-order valence-electron chi connectivity index (χ2n) is 11.2. The maximum absolute atomic E-state index is 6.50. The number of hydrogen-bond acceptors (Lipinski definition) is 1. The number of benzene rings is 1. The molecule has 0 spiro atoms. The quantitative estimate of drug-likeness (QED) is 0.491. The van der Waals surface area contributed by atoms with E-state index in [1.54, 1.807) is 0 Å². The molecule has 4 fully saturated rings. The molecule has 0 aliphatic heterocycles. The number of hydrogen-bond donors (Lipinski definition) is 0. The Morgan fingerprint density at radius 3 is 2.68 bits per heavy atom. The average molecular weight is 401 g/mol. The van der Waals surface area contributed by atoms with Gasteiger partial charge in [-0.25, -0.2) is 0 Å². The summed E-state index contributed by atoms with van der Waals surface area (Å²) < 4.78 is 6.50. The van der Waals surface area contributed by atoms with E-state index in [0.717, 1.165) is 40.0 Å². The minimum Gasteiger partial charge on any atom is -0.490 e. The predicted octanol–water partition coefficient (Wildman–Crippen LogP) is 7.83. The highest BCUT2D eigenvalue weighted by Gasteiger charge is 2.59. The molecule has 7 atom stereocenters. The SMILES string of the molecule is Cc1ccc(O[C@H]2C[C@H]3[C@@H]4CC[C@H]5CCCC[C@]5(C)[C@H]4CC[C@]3(C)C2)cc1Cl. The summed E-state index contributed by atoms with van der Waals surface area (Å²) in [5.74, 6) is 4.74. The van der Waals surface area contributed by atoms with Crippen molar-refractivity contribution in [3.63, 3.8) is 0 Å². The van der Waals surface area contributed by atoms with Gasteiger partial charge in [-0.1, -0.05) is 44.4 Å². The molecule has 0 amide bonds. The molecule has 1 nitrogen and oxygen atoms in total. The molecule has 0 saturated heterocycles. The zero-order valence-corrected chi connectivity index (χ0v) is 18.7. The molecular formula is C26H37ClO. The number of fused-ring (bicyclic) bond motifs is 5. The van der Waals surface area contributed by atoms with Gasteiger partial charge < -0.3 is 4.74 Å². The lowest BCUT2D eigenvalue weighted by Crippen LogP contribution is -2.51. The molecule has 4 aliphatic carbocycles. The maximum Gasteiger partial charge on any atom is 0.121 e. The summed E-state index contributed by atoms with van der Waals surface area (Å²) in [7, 11) is 0. The number of halogens is 1. The molecule has 2 heteroatoms. The highest BCUT2D eigenvalue weighted by Crippen LogP contribution is 2.66. The van der Waals surface area contributed by atoms with Gasteiger partial charge in [0.1, 0.15) is 5.75 Å². The van der Waals surface area contributed by atoms with Gasteiger partial charge in [-0.15, -0.1) is 0 Å². The molecule has 0 N–H and O–H groups in total. The van der Waals surface area contributed by atoms with Gasteiger partial charge in [-0.05, 0) is 110 Å². The van der Waals surface area contributed by atoms with E-state index in [4.69, 9.17) is 16.3 Å². The first-order valence-corrected chi connectivity index (χ1v) is 12.2. The summed E-state index contributed by atoms with van der Waals surface area (Å²) in [5, 5.41) is 0.822. The van der Waals surface area contributed by atoms with E-state index in [1.165, 1.54) is 64.2 Å². The van der Waals surface area contributed by atoms with Crippen molar-refractivity contribution < 1.29 is 4.74 Å². The minimum absolute atomic E-state index is 0.365. The van der Waals surface area contributed by atoms with Gasteiger partial charge in [-0.3, -0.25) is 0 Å². The van der Waals surface area contributed by atoms with Gasteiger partial charge in [0, 0.05) is 5.02 Å². The van der Waals surface area contributed by atoms with E-state index in [2.05, 4.69) is 32.9 Å². The fraction of sp³-hybridized carbons (Fsp3) is 0.769. The van der Waals surface area contributed by atoms with Crippen LogP contribution in [0.4, 0.5) is 0 Å². The zero-order valence-electron chi connectivity index (χ0n) is 18.0. The van der Waals surface area contributed by atoms with Crippen molar-refractivity contribution in [1.29, 1.82) is 0 Å². The highest BCUT2D eigenvalue weighted by atomic mass is 35.5. The van der Waals surface area contributed by atoms with Gasteiger partial charge in [0.2, 0.25) is 0 Å². The molecule has 0 heterocycles. The lowest BCUT2D eigenvalue weighted by Gasteiger charge is -2.59. The van der Waals surface area contributed by atoms with E-state index in [-0.39, 0.29) is 0 Å². The summed E-state index contributed by atoms with van der Waals surface area (Å²) in [4.78, 5) is 0. The molecule has 0 aromatic heterocycles. The van der Waals surface area contributed by atoms with Gasteiger partial charge in [0.05, 0.1) is 6.10 Å². The van der Waals surface area contributed by atoms with E-state index in [0.29, 0.717) is 16.9 Å². The van der Waals surface area contributed by atoms with Crippen molar-refractivity contribution in [2.75, 3.05) is 0 Å². The van der Waals surface area contributed by atoms with Crippen molar-refractivity contribution in [2.24, 2.45) is 34.5 Å². The van der Waals surface area contributed by atoms with E-state index in [1.807, 2.05) is 6.07 Å². The van der Waals surface area contributed by atoms with Crippen molar-refractivity contribution >= 4 is 11.6 Å². The van der Waals surface area contributed by atoms with E-state index in [9.17, 15) is 0 Å². The number of rotatable bonds is 2. The molecule has 5 rings (SSSR count). The topological polar surface area (TPSA) is 9.23 Å². The van der Waals surface area contributed by atoms with Crippen molar-refractivity contribution in [2.45, 2.75) is 91.1 Å². The van der Waals surface area contributed by atoms with Crippen LogP contribution in [0.15, 0.2) is 18.2 Å². The monoisotopic (exact) mass is 400 g/mol. The van der Waals surface area contributed by atoms with Crippen LogP contribution in [0, 0.1) is 41.4 Å². The summed E-state index contributed by atoms with van der Waals surface area (Å²) >= 11 is 6.34. The number of ether oxygens (including phenoxy) is 1. The Bertz CT molecular complexity index is 744. The Hall–Kier alpha value is -0.690. The summed E-state index contributed by atoms with van der Waals surface area (Å²) in [5.41, 5.74) is 2.24. The van der Waals surface area contributed by atoms with Gasteiger partial charge in [0.25, 0.3) is 0 Å². The van der Waals surface area contributed by atoms with Crippen LogP contribution < -0.4 is 4.74 Å². The fourth-order valence-electron chi connectivity index (χ4n) is 8.22. The lowest BCUT2D eigenvalue weighted by molar-refractivity contribution is -0.103. The van der Waals surface area contributed by atoms with Gasteiger partial charge in [-0.2, -0.15) is 0 Å². The van der Waals surface area contributed by atoms with Crippen LogP contribution in [0.25, 0.3) is 0 Å². The maximum atomic E-state index is 6.50. The average Bonchev–Trinajstić information content (AvgIpc) is 3.00. The standard InChI is InChI=1S/C26H37ClO/c1-17-7-9-19(15-24(17)27)28-20-14-23-21-10-8-18-6-4-5-12-26(18,3)22(21)11-13-25(23,2)16-20/h7,9,15,18,20-23H,4-6,8,10-14,16H2,1-3H3/t18-,20+,21-,22+,23+,25-,26+/m1/s1. The van der Waals surface area contributed by atoms with Crippen LogP contribution in [0.3, 0.4) is 0 Å². The molecule has 0 unspecified atom stereocenters. The van der Waals surface area contributed by atoms with Crippen molar-refractivity contribution in [3.8, 4) is 5.75 Å². The van der Waals surface area contributed by atoms with E-state index >= 15 is 0 Å². The van der Waals surface area contributed by atoms with Crippen molar-refractivity contribution in [3.05, 3.63) is 28.8 Å². The third-order valence-electron chi connectivity index (χ3n) is 9.76. The molecule has 4 aliphatic rings. The van der Waals surface area contributed by atoms with Crippen molar-refractivity contribution in [1.82, 2.24) is 0 Å². The van der Waals surface area contributed by atoms with Crippen LogP contribution in [-0.2, 0) is 0 Å². The first-order chi connectivity index (χ1) is 13.4. The first-order valence-electron chi connectivity index (χ1n) is 11.8. The number of aryl methyl sites for hydroxylation is 1. The molecule has 1 aromatic carbocycles. The third kappa shape index (κ3) is 3.03. The van der Waals surface area contributed by atoms with Crippen LogP contribution in [0.5, 0.6) is 5.75 Å². The molecule has 1 aromatic rings. The zero-order chi connectivity index (χ0) is 19.5. The molecule has 0 radical (unpaired) electrons. The van der Waals surface area contributed by atoms with Crippen LogP contribution >= 0.6 is 11.6 Å². The van der Waals surface area contributed by atoms with Crippen LogP contribution in [-0.4, -0.2) is 6.10 Å². The smallest absolute Gasteiger partial charge is 0.121 e. The first kappa shape index (κ1) is 19.3. The molecule has 4 saturated carbocycles. The summed E-state index contributed by atoms with van der Waals surface area (Å²) in [6, 6.07) is 6.20. The highest BCUT2D eigenvalue weighted by molar-refractivity contribution is 6.31. The summed E-state index contributed by atoms with van der Waals surface area (Å²) in [6.45, 7) is 7.31. The Balaban J connectivity index is 1.35. The molecule has 0 bridgehead atoms. The lowest BCUT2D eigenvalue weighted by atomic mass is 9.45. The van der Waals surface area contributed by atoms with Crippen LogP contribution in [0.2, 0.25) is 5.02 Å². The fourth-order valence-corrected chi connectivity index (χ4v) is 8.39. The predicted molar refractivity (Wildman–Crippen MR) is 117 cm³/mol. The van der Waals surface area contributed by atoms with Crippen LogP contribution in [0.1, 0.15) is 83.6 Å². The normalized spacial score (nSPS) is 45.1. The van der Waals surface area contributed by atoms with E-state index < -0.39 is 0 Å². The largest absolute Gasteiger partial charge is 0.490 e. The summed E-state index contributed by atoms with van der Waals surface area (Å²) in [6.07, 6.45) is 14.6. The molecular weight excluding hydrogens is 364 g/mol. The Kier molecular flexibility index (Phi) is 4.77.